The van der Waals surface area contributed by atoms with E-state index in [1.165, 1.54) is 0 Å². The number of carbonyl (C=O) groups is 3. The zero-order valence-corrected chi connectivity index (χ0v) is 17.2. The Balaban J connectivity index is 2.00. The molecule has 30 heavy (non-hydrogen) atoms. The van der Waals surface area contributed by atoms with Crippen LogP contribution in [0.3, 0.4) is 0 Å². The van der Waals surface area contributed by atoms with E-state index in [0.717, 1.165) is 11.1 Å². The van der Waals surface area contributed by atoms with Crippen molar-refractivity contribution in [2.24, 2.45) is 5.92 Å². The summed E-state index contributed by atoms with van der Waals surface area (Å²) in [6.07, 6.45) is 0.0374. The van der Waals surface area contributed by atoms with Crippen LogP contribution in [-0.4, -0.2) is 35.2 Å². The van der Waals surface area contributed by atoms with Gasteiger partial charge in [0.25, 0.3) is 0 Å². The standard InChI is InChI=1S/C23H28N2O5/c1-3-16(2)20(25-23(29)30-15-18-12-8-5-9-13-18)21(26)24-19(22(27)28)14-17-10-6-4-7-11-17/h4-13,16,19-20H,3,14-15H2,1-2H3,(H,24,26)(H,25,29)(H,27,28)/t16-,19+,20-/m0/s1. The van der Waals surface area contributed by atoms with E-state index in [4.69, 9.17) is 4.74 Å². The third-order valence-corrected chi connectivity index (χ3v) is 4.88. The lowest BCUT2D eigenvalue weighted by atomic mass is 9.97. The summed E-state index contributed by atoms with van der Waals surface area (Å²) in [6, 6.07) is 16.2. The van der Waals surface area contributed by atoms with E-state index in [1.54, 1.807) is 12.1 Å². The van der Waals surface area contributed by atoms with Gasteiger partial charge in [0.1, 0.15) is 18.7 Å². The van der Waals surface area contributed by atoms with Gasteiger partial charge in [0.15, 0.2) is 0 Å². The molecule has 0 aliphatic rings. The van der Waals surface area contributed by atoms with Crippen LogP contribution in [-0.2, 0) is 27.4 Å². The van der Waals surface area contributed by atoms with Gasteiger partial charge in [-0.25, -0.2) is 9.59 Å². The number of carboxylic acid groups (broad SMARTS) is 1. The first-order valence-electron chi connectivity index (χ1n) is 9.95. The van der Waals surface area contributed by atoms with Crippen LogP contribution in [0.15, 0.2) is 60.7 Å². The fourth-order valence-corrected chi connectivity index (χ4v) is 2.91. The number of hydrogen-bond donors (Lipinski definition) is 3. The summed E-state index contributed by atoms with van der Waals surface area (Å²) in [6.45, 7) is 3.78. The lowest BCUT2D eigenvalue weighted by molar-refractivity contribution is -0.142. The van der Waals surface area contributed by atoms with Crippen LogP contribution >= 0.6 is 0 Å². The molecule has 0 bridgehead atoms. The number of carboxylic acids is 1. The topological polar surface area (TPSA) is 105 Å². The van der Waals surface area contributed by atoms with E-state index in [1.807, 2.05) is 62.4 Å². The van der Waals surface area contributed by atoms with Crippen molar-refractivity contribution >= 4 is 18.0 Å². The summed E-state index contributed by atoms with van der Waals surface area (Å²) in [5, 5.41) is 14.7. The number of amides is 2. The Kier molecular flexibility index (Phi) is 8.87. The predicted octanol–water partition coefficient (Wildman–Crippen LogP) is 3.14. The summed E-state index contributed by atoms with van der Waals surface area (Å²) in [7, 11) is 0. The molecule has 0 radical (unpaired) electrons. The highest BCUT2D eigenvalue weighted by molar-refractivity contribution is 5.89. The molecule has 0 aromatic heterocycles. The van der Waals surface area contributed by atoms with E-state index >= 15 is 0 Å². The molecule has 3 atom stereocenters. The van der Waals surface area contributed by atoms with Crippen molar-refractivity contribution in [2.45, 2.75) is 45.4 Å². The molecule has 0 aliphatic heterocycles. The molecule has 2 amide bonds. The van der Waals surface area contributed by atoms with Gasteiger partial charge in [-0.15, -0.1) is 0 Å². The van der Waals surface area contributed by atoms with Crippen LogP contribution in [0.25, 0.3) is 0 Å². The van der Waals surface area contributed by atoms with Crippen molar-refractivity contribution < 1.29 is 24.2 Å². The Bertz CT molecular complexity index is 826. The minimum absolute atomic E-state index is 0.0767. The van der Waals surface area contributed by atoms with Gasteiger partial charge in [0.05, 0.1) is 0 Å². The smallest absolute Gasteiger partial charge is 0.408 e. The number of hydrogen-bond acceptors (Lipinski definition) is 4. The number of benzene rings is 2. The van der Waals surface area contributed by atoms with E-state index in [9.17, 15) is 19.5 Å². The van der Waals surface area contributed by atoms with Crippen LogP contribution in [0.4, 0.5) is 4.79 Å². The van der Waals surface area contributed by atoms with E-state index < -0.39 is 30.1 Å². The second-order valence-corrected chi connectivity index (χ2v) is 7.16. The van der Waals surface area contributed by atoms with Crippen LogP contribution in [0.2, 0.25) is 0 Å². The fourth-order valence-electron chi connectivity index (χ4n) is 2.91. The maximum absolute atomic E-state index is 12.8. The molecule has 0 spiro atoms. The Morgan fingerprint density at radius 3 is 2.03 bits per heavy atom. The van der Waals surface area contributed by atoms with Crippen molar-refractivity contribution in [1.29, 1.82) is 0 Å². The van der Waals surface area contributed by atoms with Crippen LogP contribution in [0.1, 0.15) is 31.4 Å². The molecule has 0 fully saturated rings. The summed E-state index contributed by atoms with van der Waals surface area (Å²) < 4.78 is 5.21. The Hall–Kier alpha value is -3.35. The van der Waals surface area contributed by atoms with Gasteiger partial charge < -0.3 is 20.5 Å². The van der Waals surface area contributed by atoms with Crippen molar-refractivity contribution in [3.8, 4) is 0 Å². The van der Waals surface area contributed by atoms with E-state index in [0.29, 0.717) is 6.42 Å². The Labute approximate surface area is 176 Å². The minimum atomic E-state index is -1.14. The maximum atomic E-state index is 12.8. The van der Waals surface area contributed by atoms with Gasteiger partial charge in [0.2, 0.25) is 5.91 Å². The van der Waals surface area contributed by atoms with Gasteiger partial charge in [-0.3, -0.25) is 4.79 Å². The molecule has 0 aliphatic carbocycles. The number of alkyl carbamates (subject to hydrolysis) is 1. The zero-order chi connectivity index (χ0) is 21.9. The second kappa shape index (κ2) is 11.6. The zero-order valence-electron chi connectivity index (χ0n) is 17.2. The summed E-state index contributed by atoms with van der Waals surface area (Å²) in [5.41, 5.74) is 1.62. The molecule has 2 aromatic carbocycles. The van der Waals surface area contributed by atoms with Gasteiger partial charge >= 0.3 is 12.1 Å². The normalized spacial score (nSPS) is 13.5. The largest absolute Gasteiger partial charge is 0.480 e. The monoisotopic (exact) mass is 412 g/mol. The quantitative estimate of drug-likeness (QED) is 0.556. The van der Waals surface area contributed by atoms with Crippen molar-refractivity contribution in [1.82, 2.24) is 10.6 Å². The summed E-state index contributed by atoms with van der Waals surface area (Å²) in [4.78, 5) is 36.7. The Morgan fingerprint density at radius 2 is 1.50 bits per heavy atom. The summed E-state index contributed by atoms with van der Waals surface area (Å²) in [5.74, 6) is -1.90. The average Bonchev–Trinajstić information content (AvgIpc) is 2.76. The van der Waals surface area contributed by atoms with Crippen molar-refractivity contribution in [2.75, 3.05) is 0 Å². The number of nitrogens with one attached hydrogen (secondary N) is 2. The molecule has 0 saturated heterocycles. The first-order valence-corrected chi connectivity index (χ1v) is 9.95. The van der Waals surface area contributed by atoms with Gasteiger partial charge in [-0.05, 0) is 17.0 Å². The highest BCUT2D eigenvalue weighted by Gasteiger charge is 2.30. The molecule has 0 saturated carbocycles. The highest BCUT2D eigenvalue weighted by atomic mass is 16.5. The molecule has 2 rings (SSSR count). The predicted molar refractivity (Wildman–Crippen MR) is 113 cm³/mol. The highest BCUT2D eigenvalue weighted by Crippen LogP contribution is 2.11. The van der Waals surface area contributed by atoms with Crippen LogP contribution in [0, 0.1) is 5.92 Å². The fraction of sp³-hybridized carbons (Fsp3) is 0.348. The number of aliphatic carboxylic acids is 1. The van der Waals surface area contributed by atoms with Gasteiger partial charge in [-0.1, -0.05) is 80.9 Å². The van der Waals surface area contributed by atoms with Crippen molar-refractivity contribution in [3.05, 3.63) is 71.8 Å². The minimum Gasteiger partial charge on any atom is -0.480 e. The summed E-state index contributed by atoms with van der Waals surface area (Å²) >= 11 is 0. The number of rotatable bonds is 10. The molecule has 3 N–H and O–H groups in total. The SMILES string of the molecule is CC[C@H](C)[C@H](NC(=O)OCc1ccccc1)C(=O)N[C@H](Cc1ccccc1)C(=O)O. The van der Waals surface area contributed by atoms with Crippen LogP contribution in [0.5, 0.6) is 0 Å². The van der Waals surface area contributed by atoms with E-state index in [-0.39, 0.29) is 18.9 Å². The van der Waals surface area contributed by atoms with Crippen LogP contribution < -0.4 is 10.6 Å². The molecular formula is C23H28N2O5. The van der Waals surface area contributed by atoms with Gasteiger partial charge in [0, 0.05) is 6.42 Å². The lowest BCUT2D eigenvalue weighted by Crippen LogP contribution is -2.54. The second-order valence-electron chi connectivity index (χ2n) is 7.16. The number of carbonyl (C=O) groups excluding carboxylic acids is 2. The van der Waals surface area contributed by atoms with Gasteiger partial charge in [-0.2, -0.15) is 0 Å². The first kappa shape index (κ1) is 22.9. The molecule has 160 valence electrons. The van der Waals surface area contributed by atoms with Crippen molar-refractivity contribution in [3.63, 3.8) is 0 Å². The first-order chi connectivity index (χ1) is 14.4. The average molecular weight is 412 g/mol. The molecule has 0 unspecified atom stereocenters. The number of ether oxygens (including phenoxy) is 1. The maximum Gasteiger partial charge on any atom is 0.408 e. The Morgan fingerprint density at radius 1 is 0.933 bits per heavy atom. The molecule has 7 nitrogen and oxygen atoms in total. The third kappa shape index (κ3) is 7.24. The lowest BCUT2D eigenvalue weighted by Gasteiger charge is -2.25. The molecule has 2 aromatic rings. The molecule has 0 heterocycles. The molecule has 7 heteroatoms. The third-order valence-electron chi connectivity index (χ3n) is 4.88. The molecular weight excluding hydrogens is 384 g/mol. The van der Waals surface area contributed by atoms with E-state index in [2.05, 4.69) is 10.6 Å².